The predicted octanol–water partition coefficient (Wildman–Crippen LogP) is 2.38. The lowest BCUT2D eigenvalue weighted by atomic mass is 10.1. The number of nitrogens with two attached hydrogens (primary N) is 2. The normalized spacial score (nSPS) is 15.9. The number of aromatic carboxylic acids is 2. The molecule has 0 aliphatic carbocycles. The summed E-state index contributed by atoms with van der Waals surface area (Å²) in [6.45, 7) is 2.36. The second-order valence-electron chi connectivity index (χ2n) is 17.1. The van der Waals surface area contributed by atoms with Crippen molar-refractivity contribution in [1.29, 1.82) is 10.8 Å². The number of nitrogens with zero attached hydrogens (tertiary/aromatic N) is 12. The molecule has 74 heavy (non-hydrogen) atoms. The number of aliphatic imine (C=N–C) groups is 2. The minimum absolute atomic E-state index is 0.0421. The molecule has 2 aromatic carbocycles. The van der Waals surface area contributed by atoms with E-state index in [1.807, 2.05) is 0 Å². The van der Waals surface area contributed by atoms with Gasteiger partial charge in [0.2, 0.25) is 22.8 Å². The molecule has 0 bridgehead atoms. The summed E-state index contributed by atoms with van der Waals surface area (Å²) >= 11 is 0. The van der Waals surface area contributed by atoms with Crippen LogP contribution >= 0.6 is 0 Å². The number of rotatable bonds is 6. The van der Waals surface area contributed by atoms with Crippen LogP contribution in [0.15, 0.2) is 80.5 Å². The number of nitrogens with one attached hydrogen (secondary N) is 2. The third kappa shape index (κ3) is 9.50. The number of carboxylic acid groups (broad SMARTS) is 2. The second-order valence-corrected chi connectivity index (χ2v) is 17.1. The molecule has 7 heterocycles. The van der Waals surface area contributed by atoms with Crippen LogP contribution in [0.2, 0.25) is 0 Å². The first-order valence-corrected chi connectivity index (χ1v) is 22.5. The number of aromatic nitrogens is 4. The first-order chi connectivity index (χ1) is 35.3. The molecule has 0 spiro atoms. The minimum atomic E-state index is -1.64. The number of fused-ring (bicyclic) bond motifs is 2. The van der Waals surface area contributed by atoms with Gasteiger partial charge in [-0.1, -0.05) is 0 Å². The standard InChI is InChI=1S/C46H42F6N16O6/c47-23-1-3-33(29(49)17-23)67-21-27(41(71)72)35(69)25-19-31(51)39(57-37(25)67)61-5-9-63(10-6-61)43(53)59-45(55)65-13-15-66(16-14-65)46(56)60-44(54)64-11-7-62(8-12-64)40-32(52)20-26-36(70)28(42(73)74)22-68(38(26)58-40)34-4-2-24(48)18-30(34)50/h1-4,17-22H,5-16H2,(H,71,72)(H,73,74)(H3,53,55,59)(H3,54,56,60). The summed E-state index contributed by atoms with van der Waals surface area (Å²) in [4.78, 5) is 76.8. The number of benzene rings is 2. The van der Waals surface area contributed by atoms with Crippen molar-refractivity contribution in [2.24, 2.45) is 21.5 Å². The fourth-order valence-electron chi connectivity index (χ4n) is 8.82. The summed E-state index contributed by atoms with van der Waals surface area (Å²) in [5.41, 5.74) is 7.82. The summed E-state index contributed by atoms with van der Waals surface area (Å²) in [5.74, 6) is -9.89. The Labute approximate surface area is 412 Å². The number of guanidine groups is 4. The SMILES string of the molecule is N=C(/N=C(\N)N1CCN(/C(N)=N/C(=N)N2CCN(c3nc4c(cc3F)c(=O)c(C(=O)O)cn4-c3ccc(F)cc3F)CC2)CC1)N1CCN(c2nc3c(cc2F)c(=O)c(C(=O)O)cn3-c2ccc(F)cc2F)CC1. The average Bonchev–Trinajstić information content (AvgIpc) is 3.37. The molecule has 384 valence electrons. The summed E-state index contributed by atoms with van der Waals surface area (Å²) in [5, 5.41) is 35.8. The molecule has 8 N–H and O–H groups in total. The molecule has 0 radical (unpaired) electrons. The van der Waals surface area contributed by atoms with E-state index in [2.05, 4.69) is 20.0 Å². The highest BCUT2D eigenvalue weighted by molar-refractivity contribution is 5.96. The van der Waals surface area contributed by atoms with Gasteiger partial charge in [-0.2, -0.15) is 9.98 Å². The van der Waals surface area contributed by atoms with Gasteiger partial charge in [0.1, 0.15) is 34.4 Å². The van der Waals surface area contributed by atoms with Crippen molar-refractivity contribution < 1.29 is 46.1 Å². The predicted molar refractivity (Wildman–Crippen MR) is 258 cm³/mol. The molecule has 3 fully saturated rings. The van der Waals surface area contributed by atoms with Crippen LogP contribution < -0.4 is 32.1 Å². The number of pyridine rings is 4. The molecular weight excluding hydrogens is 987 g/mol. The van der Waals surface area contributed by atoms with Crippen LogP contribution in [0, 0.1) is 45.7 Å². The van der Waals surface area contributed by atoms with Crippen LogP contribution in [0.4, 0.5) is 38.0 Å². The van der Waals surface area contributed by atoms with E-state index in [1.165, 1.54) is 9.80 Å². The average molecular weight is 1030 g/mol. The number of hydrogen-bond donors (Lipinski definition) is 6. The topological polar surface area (TPSA) is 288 Å². The number of hydrogen-bond acceptors (Lipinski definition) is 10. The van der Waals surface area contributed by atoms with Gasteiger partial charge in [-0.05, 0) is 36.4 Å². The zero-order chi connectivity index (χ0) is 52.9. The fourth-order valence-corrected chi connectivity index (χ4v) is 8.82. The first kappa shape index (κ1) is 49.7. The Hall–Kier alpha value is -9.24. The summed E-state index contributed by atoms with van der Waals surface area (Å²) < 4.78 is 90.7. The van der Waals surface area contributed by atoms with E-state index in [0.29, 0.717) is 38.3 Å². The molecule has 3 aliphatic rings. The van der Waals surface area contributed by atoms with Gasteiger partial charge >= 0.3 is 11.9 Å². The van der Waals surface area contributed by atoms with Gasteiger partial charge in [0.25, 0.3) is 0 Å². The lowest BCUT2D eigenvalue weighted by molar-refractivity contribution is 0.0684. The van der Waals surface area contributed by atoms with Crippen molar-refractivity contribution in [2.45, 2.75) is 0 Å². The molecule has 0 amide bonds. The van der Waals surface area contributed by atoms with Gasteiger partial charge in [-0.3, -0.25) is 29.5 Å². The highest BCUT2D eigenvalue weighted by Gasteiger charge is 2.29. The molecule has 28 heteroatoms. The second kappa shape index (κ2) is 19.8. The molecule has 4 aromatic heterocycles. The van der Waals surface area contributed by atoms with Crippen LogP contribution in [0.1, 0.15) is 20.7 Å². The van der Waals surface area contributed by atoms with Gasteiger partial charge in [-0.15, -0.1) is 0 Å². The first-order valence-electron chi connectivity index (χ1n) is 22.5. The van der Waals surface area contributed by atoms with Crippen molar-refractivity contribution in [2.75, 3.05) is 88.3 Å². The Morgan fingerprint density at radius 2 is 0.851 bits per heavy atom. The van der Waals surface area contributed by atoms with Crippen LogP contribution in [0.3, 0.4) is 0 Å². The Kier molecular flexibility index (Phi) is 13.3. The van der Waals surface area contributed by atoms with E-state index in [9.17, 15) is 47.0 Å². The van der Waals surface area contributed by atoms with Gasteiger partial charge < -0.3 is 51.1 Å². The van der Waals surface area contributed by atoms with E-state index in [0.717, 1.165) is 57.9 Å². The van der Waals surface area contributed by atoms with Gasteiger partial charge in [0.05, 0.1) is 22.1 Å². The van der Waals surface area contributed by atoms with Gasteiger partial charge in [0, 0.05) is 103 Å². The Morgan fingerprint density at radius 3 is 1.18 bits per heavy atom. The number of carbonyl (C=O) groups is 2. The number of anilines is 2. The molecule has 0 unspecified atom stereocenters. The smallest absolute Gasteiger partial charge is 0.341 e. The summed E-state index contributed by atoms with van der Waals surface area (Å²) in [6, 6.07) is 6.72. The zero-order valence-corrected chi connectivity index (χ0v) is 38.6. The van der Waals surface area contributed by atoms with Crippen LogP contribution in [-0.4, -0.2) is 163 Å². The fraction of sp³-hybridized carbons (Fsp3) is 0.261. The van der Waals surface area contributed by atoms with Gasteiger partial charge in [-0.25, -0.2) is 45.9 Å². The maximum absolute atomic E-state index is 15.7. The van der Waals surface area contributed by atoms with E-state index in [1.54, 1.807) is 19.6 Å². The van der Waals surface area contributed by atoms with Crippen molar-refractivity contribution in [3.8, 4) is 11.4 Å². The van der Waals surface area contributed by atoms with E-state index in [-0.39, 0.29) is 111 Å². The maximum atomic E-state index is 15.7. The summed E-state index contributed by atoms with van der Waals surface area (Å²) in [7, 11) is 0. The van der Waals surface area contributed by atoms with Crippen molar-refractivity contribution >= 4 is 69.5 Å². The number of halogens is 6. The lowest BCUT2D eigenvalue weighted by Gasteiger charge is -2.38. The summed E-state index contributed by atoms with van der Waals surface area (Å²) in [6.07, 6.45) is 1.69. The minimum Gasteiger partial charge on any atom is -0.477 e. The quantitative estimate of drug-likeness (QED) is 0.0793. The van der Waals surface area contributed by atoms with Crippen LogP contribution in [0.25, 0.3) is 33.4 Å². The molecular formula is C46H42F6N16O6. The third-order valence-corrected chi connectivity index (χ3v) is 12.8. The highest BCUT2D eigenvalue weighted by atomic mass is 19.2. The largest absolute Gasteiger partial charge is 0.477 e. The van der Waals surface area contributed by atoms with Crippen LogP contribution in [0.5, 0.6) is 0 Å². The molecule has 0 saturated carbocycles. The van der Waals surface area contributed by atoms with Crippen molar-refractivity contribution in [3.63, 3.8) is 0 Å². The molecule has 6 aromatic rings. The molecule has 3 saturated heterocycles. The maximum Gasteiger partial charge on any atom is 0.341 e. The van der Waals surface area contributed by atoms with Gasteiger partial charge in [0.15, 0.2) is 46.5 Å². The van der Waals surface area contributed by atoms with Crippen LogP contribution in [-0.2, 0) is 0 Å². The Bertz CT molecular complexity index is 3280. The molecule has 9 rings (SSSR count). The van der Waals surface area contributed by atoms with E-state index < -0.39 is 79.6 Å². The highest BCUT2D eigenvalue weighted by Crippen LogP contribution is 2.28. The van der Waals surface area contributed by atoms with Crippen molar-refractivity contribution in [1.82, 2.24) is 38.7 Å². The Morgan fingerprint density at radius 1 is 0.514 bits per heavy atom. The number of piperazine rings is 3. The number of carboxylic acids is 2. The van der Waals surface area contributed by atoms with E-state index in [4.69, 9.17) is 22.3 Å². The Balaban J connectivity index is 0.799. The molecule has 0 atom stereocenters. The lowest BCUT2D eigenvalue weighted by Crippen LogP contribution is -2.55. The molecule has 22 nitrogen and oxygen atoms in total. The third-order valence-electron chi connectivity index (χ3n) is 12.8. The van der Waals surface area contributed by atoms with E-state index >= 15 is 8.78 Å². The monoisotopic (exact) mass is 1030 g/mol. The zero-order valence-electron chi connectivity index (χ0n) is 38.6. The molecule has 3 aliphatic heterocycles. The van der Waals surface area contributed by atoms with Crippen molar-refractivity contribution in [3.05, 3.63) is 127 Å².